The van der Waals surface area contributed by atoms with Gasteiger partial charge < -0.3 is 5.32 Å². The van der Waals surface area contributed by atoms with E-state index in [1.165, 1.54) is 11.1 Å². The molecule has 0 bridgehead atoms. The second-order valence-electron chi connectivity index (χ2n) is 5.68. The molecule has 0 unspecified atom stereocenters. The second-order valence-corrected chi connectivity index (χ2v) is 6.59. The van der Waals surface area contributed by atoms with Crippen LogP contribution >= 0.6 is 15.9 Å². The van der Waals surface area contributed by atoms with Crippen LogP contribution in [0.5, 0.6) is 0 Å². The van der Waals surface area contributed by atoms with Crippen LogP contribution < -0.4 is 5.32 Å². The molecule has 0 saturated heterocycles. The van der Waals surface area contributed by atoms with Crippen molar-refractivity contribution in [3.8, 4) is 16.9 Å². The van der Waals surface area contributed by atoms with Crippen LogP contribution in [0.25, 0.3) is 16.9 Å². The van der Waals surface area contributed by atoms with E-state index in [2.05, 4.69) is 63.5 Å². The first-order valence-corrected chi connectivity index (χ1v) is 8.61. The smallest absolute Gasteiger partial charge is 0.133 e. The molecular formula is C18H17BrN4. The van der Waals surface area contributed by atoms with E-state index in [0.717, 1.165) is 46.6 Å². The van der Waals surface area contributed by atoms with Gasteiger partial charge in [-0.1, -0.05) is 19.1 Å². The van der Waals surface area contributed by atoms with Gasteiger partial charge in [0.1, 0.15) is 5.82 Å². The maximum atomic E-state index is 4.86. The molecule has 1 aromatic carbocycles. The molecule has 0 radical (unpaired) electrons. The Morgan fingerprint density at radius 2 is 2.04 bits per heavy atom. The Bertz CT molecular complexity index is 852. The molecule has 0 spiro atoms. The maximum Gasteiger partial charge on any atom is 0.133 e. The lowest BCUT2D eigenvalue weighted by molar-refractivity contribution is 0.880. The number of anilines is 1. The van der Waals surface area contributed by atoms with Crippen LogP contribution in [0.15, 0.2) is 47.2 Å². The third-order valence-corrected chi connectivity index (χ3v) is 4.65. The number of aromatic nitrogens is 3. The lowest BCUT2D eigenvalue weighted by atomic mass is 10.1. The number of aryl methyl sites for hydroxylation is 1. The predicted molar refractivity (Wildman–Crippen MR) is 96.1 cm³/mol. The average Bonchev–Trinajstić information content (AvgIpc) is 3.17. The van der Waals surface area contributed by atoms with Gasteiger partial charge in [-0.05, 0) is 52.5 Å². The molecule has 5 heteroatoms. The van der Waals surface area contributed by atoms with Crippen molar-refractivity contribution in [2.24, 2.45) is 0 Å². The summed E-state index contributed by atoms with van der Waals surface area (Å²) in [6, 6.07) is 10.7. The van der Waals surface area contributed by atoms with E-state index in [0.29, 0.717) is 0 Å². The number of pyridine rings is 1. The Balaban J connectivity index is 1.84. The van der Waals surface area contributed by atoms with E-state index in [9.17, 15) is 0 Å². The number of nitrogens with one attached hydrogen (secondary N) is 1. The summed E-state index contributed by atoms with van der Waals surface area (Å²) in [6.07, 6.45) is 5.70. The van der Waals surface area contributed by atoms with Crippen molar-refractivity contribution in [3.05, 3.63) is 58.3 Å². The fourth-order valence-electron chi connectivity index (χ4n) is 3.01. The zero-order chi connectivity index (χ0) is 15.8. The van der Waals surface area contributed by atoms with Gasteiger partial charge in [0, 0.05) is 34.5 Å². The number of rotatable bonds is 3. The Morgan fingerprint density at radius 1 is 1.22 bits per heavy atom. The number of fused-ring (bicyclic) bond motifs is 1. The standard InChI is InChI=1S/C18H17BrN4/c1-2-12-3-5-15(6-4-12)23-18-16(7-8-21-18)17(22-23)13-9-14(19)11-20-10-13/h3-6,9-11,21H,2,7-8H2,1H3. The zero-order valence-corrected chi connectivity index (χ0v) is 14.5. The summed E-state index contributed by atoms with van der Waals surface area (Å²) in [7, 11) is 0. The van der Waals surface area contributed by atoms with Gasteiger partial charge in [0.25, 0.3) is 0 Å². The van der Waals surface area contributed by atoms with Crippen molar-refractivity contribution >= 4 is 21.7 Å². The highest BCUT2D eigenvalue weighted by atomic mass is 79.9. The van der Waals surface area contributed by atoms with Crippen LogP contribution in [-0.4, -0.2) is 21.3 Å². The van der Waals surface area contributed by atoms with Gasteiger partial charge in [0.15, 0.2) is 0 Å². The fraction of sp³-hybridized carbons (Fsp3) is 0.222. The van der Waals surface area contributed by atoms with E-state index in [-0.39, 0.29) is 0 Å². The lowest BCUT2D eigenvalue weighted by Crippen LogP contribution is -2.04. The minimum atomic E-state index is 0.953. The van der Waals surface area contributed by atoms with Gasteiger partial charge in [-0.25, -0.2) is 4.68 Å². The van der Waals surface area contributed by atoms with Crippen molar-refractivity contribution in [3.63, 3.8) is 0 Å². The molecule has 116 valence electrons. The van der Waals surface area contributed by atoms with E-state index in [1.807, 2.05) is 10.9 Å². The fourth-order valence-corrected chi connectivity index (χ4v) is 3.37. The van der Waals surface area contributed by atoms with Gasteiger partial charge in [0.05, 0.1) is 11.4 Å². The Hall–Kier alpha value is -2.14. The number of hydrogen-bond acceptors (Lipinski definition) is 3. The Labute approximate surface area is 143 Å². The molecule has 4 rings (SSSR count). The van der Waals surface area contributed by atoms with Crippen LogP contribution in [-0.2, 0) is 12.8 Å². The zero-order valence-electron chi connectivity index (χ0n) is 12.9. The van der Waals surface area contributed by atoms with E-state index >= 15 is 0 Å². The summed E-state index contributed by atoms with van der Waals surface area (Å²) in [6.45, 7) is 3.12. The van der Waals surface area contributed by atoms with Crippen molar-refractivity contribution in [2.45, 2.75) is 19.8 Å². The van der Waals surface area contributed by atoms with Crippen molar-refractivity contribution in [1.82, 2.24) is 14.8 Å². The van der Waals surface area contributed by atoms with Crippen LogP contribution in [0, 0.1) is 0 Å². The summed E-state index contributed by atoms with van der Waals surface area (Å²) in [5.74, 6) is 1.10. The molecule has 2 aromatic heterocycles. The Kier molecular flexibility index (Phi) is 3.65. The van der Waals surface area contributed by atoms with Crippen molar-refractivity contribution in [1.29, 1.82) is 0 Å². The molecule has 1 aliphatic heterocycles. The monoisotopic (exact) mass is 368 g/mol. The summed E-state index contributed by atoms with van der Waals surface area (Å²) < 4.78 is 2.98. The van der Waals surface area contributed by atoms with E-state index in [4.69, 9.17) is 5.10 Å². The highest BCUT2D eigenvalue weighted by molar-refractivity contribution is 9.10. The minimum absolute atomic E-state index is 0.953. The number of nitrogens with zero attached hydrogens (tertiary/aromatic N) is 3. The normalized spacial score (nSPS) is 13.0. The highest BCUT2D eigenvalue weighted by Crippen LogP contribution is 2.35. The van der Waals surface area contributed by atoms with Crippen LogP contribution in [0.3, 0.4) is 0 Å². The largest absolute Gasteiger partial charge is 0.369 e. The average molecular weight is 369 g/mol. The van der Waals surface area contributed by atoms with E-state index in [1.54, 1.807) is 6.20 Å². The van der Waals surface area contributed by atoms with Crippen molar-refractivity contribution < 1.29 is 0 Å². The number of halogens is 1. The molecule has 1 N–H and O–H groups in total. The summed E-state index contributed by atoms with van der Waals surface area (Å²) in [4.78, 5) is 4.27. The molecule has 1 aliphatic rings. The van der Waals surface area contributed by atoms with Gasteiger partial charge in [-0.15, -0.1) is 0 Å². The molecule has 0 aliphatic carbocycles. The molecule has 4 nitrogen and oxygen atoms in total. The minimum Gasteiger partial charge on any atom is -0.369 e. The molecule has 0 amide bonds. The summed E-state index contributed by atoms with van der Waals surface area (Å²) in [5.41, 5.74) is 5.75. The summed E-state index contributed by atoms with van der Waals surface area (Å²) >= 11 is 3.49. The second kappa shape index (κ2) is 5.81. The highest BCUT2D eigenvalue weighted by Gasteiger charge is 2.24. The van der Waals surface area contributed by atoms with Gasteiger partial charge in [-0.3, -0.25) is 4.98 Å². The van der Waals surface area contributed by atoms with Gasteiger partial charge in [0.2, 0.25) is 0 Å². The molecule has 3 heterocycles. The van der Waals surface area contributed by atoms with Crippen LogP contribution in [0.2, 0.25) is 0 Å². The summed E-state index contributed by atoms with van der Waals surface area (Å²) in [5, 5.41) is 8.33. The molecule has 0 atom stereocenters. The molecule has 0 saturated carbocycles. The maximum absolute atomic E-state index is 4.86. The molecular weight excluding hydrogens is 352 g/mol. The van der Waals surface area contributed by atoms with Gasteiger partial charge >= 0.3 is 0 Å². The predicted octanol–water partition coefficient (Wildman–Crippen LogP) is 4.23. The molecule has 0 fully saturated rings. The first-order valence-electron chi connectivity index (χ1n) is 7.82. The number of hydrogen-bond donors (Lipinski definition) is 1. The topological polar surface area (TPSA) is 42.7 Å². The SMILES string of the molecule is CCc1ccc(-n2nc(-c3cncc(Br)c3)c3c2NCC3)cc1. The first-order chi connectivity index (χ1) is 11.3. The number of benzene rings is 1. The Morgan fingerprint density at radius 3 is 2.78 bits per heavy atom. The third kappa shape index (κ3) is 2.55. The molecule has 23 heavy (non-hydrogen) atoms. The van der Waals surface area contributed by atoms with E-state index < -0.39 is 0 Å². The quantitative estimate of drug-likeness (QED) is 0.752. The van der Waals surface area contributed by atoms with Crippen molar-refractivity contribution in [2.75, 3.05) is 11.9 Å². The third-order valence-electron chi connectivity index (χ3n) is 4.22. The van der Waals surface area contributed by atoms with Gasteiger partial charge in [-0.2, -0.15) is 5.10 Å². The molecule has 3 aromatic rings. The van der Waals surface area contributed by atoms with Crippen LogP contribution in [0.1, 0.15) is 18.1 Å². The van der Waals surface area contributed by atoms with Crippen LogP contribution in [0.4, 0.5) is 5.82 Å². The first kappa shape index (κ1) is 14.5. The lowest BCUT2D eigenvalue weighted by Gasteiger charge is -2.07.